The zero-order chi connectivity index (χ0) is 12.8. The van der Waals surface area contributed by atoms with Crippen molar-refractivity contribution < 1.29 is 9.90 Å². The van der Waals surface area contributed by atoms with Crippen molar-refractivity contribution in [2.24, 2.45) is 5.41 Å². The molecule has 0 radical (unpaired) electrons. The molecule has 4 heteroatoms. The number of amides is 2. The van der Waals surface area contributed by atoms with Gasteiger partial charge >= 0.3 is 6.03 Å². The maximum atomic E-state index is 12.2. The number of hydrogen-bond donors (Lipinski definition) is 1. The van der Waals surface area contributed by atoms with E-state index in [9.17, 15) is 9.90 Å². The number of likely N-dealkylation sites (N-methyl/N-ethyl adjacent to an activating group) is 1. The summed E-state index contributed by atoms with van der Waals surface area (Å²) in [5.41, 5.74) is 0.320. The molecule has 3 rings (SSSR count). The van der Waals surface area contributed by atoms with Crippen molar-refractivity contribution in [2.75, 3.05) is 20.1 Å². The van der Waals surface area contributed by atoms with Crippen molar-refractivity contribution in [3.8, 4) is 0 Å². The Morgan fingerprint density at radius 2 is 1.94 bits per heavy atom. The Labute approximate surface area is 109 Å². The lowest BCUT2D eigenvalue weighted by atomic mass is 9.67. The van der Waals surface area contributed by atoms with E-state index in [0.29, 0.717) is 5.41 Å². The Morgan fingerprint density at radius 3 is 2.56 bits per heavy atom. The van der Waals surface area contributed by atoms with Gasteiger partial charge in [-0.25, -0.2) is 4.79 Å². The van der Waals surface area contributed by atoms with Gasteiger partial charge in [0.2, 0.25) is 0 Å². The van der Waals surface area contributed by atoms with Crippen LogP contribution in [0.1, 0.15) is 44.9 Å². The van der Waals surface area contributed by atoms with Gasteiger partial charge in [-0.2, -0.15) is 0 Å². The van der Waals surface area contributed by atoms with Gasteiger partial charge in [0.1, 0.15) is 0 Å². The summed E-state index contributed by atoms with van der Waals surface area (Å²) in [6.45, 7) is 1.68. The first-order valence-corrected chi connectivity index (χ1v) is 7.32. The average Bonchev–Trinajstić information content (AvgIpc) is 2.94. The van der Waals surface area contributed by atoms with Gasteiger partial charge in [-0.15, -0.1) is 0 Å². The van der Waals surface area contributed by atoms with Gasteiger partial charge in [0.05, 0.1) is 6.10 Å². The minimum atomic E-state index is -0.208. The summed E-state index contributed by atoms with van der Waals surface area (Å²) in [6, 6.07) is 0.446. The molecule has 3 aliphatic rings. The smallest absolute Gasteiger partial charge is 0.320 e. The van der Waals surface area contributed by atoms with Crippen molar-refractivity contribution >= 4 is 6.03 Å². The molecule has 0 aromatic heterocycles. The van der Waals surface area contributed by atoms with Gasteiger partial charge in [0.25, 0.3) is 0 Å². The summed E-state index contributed by atoms with van der Waals surface area (Å²) in [5, 5.41) is 9.98. The second-order valence-corrected chi connectivity index (χ2v) is 6.41. The van der Waals surface area contributed by atoms with Crippen LogP contribution in [0, 0.1) is 5.41 Å². The van der Waals surface area contributed by atoms with Gasteiger partial charge in [-0.05, 0) is 37.5 Å². The molecule has 2 atom stereocenters. The van der Waals surface area contributed by atoms with E-state index < -0.39 is 0 Å². The predicted octanol–water partition coefficient (Wildman–Crippen LogP) is 1.83. The summed E-state index contributed by atoms with van der Waals surface area (Å²) < 4.78 is 0. The fourth-order valence-electron chi connectivity index (χ4n) is 4.32. The third kappa shape index (κ3) is 1.81. The molecule has 4 nitrogen and oxygen atoms in total. The van der Waals surface area contributed by atoms with E-state index in [4.69, 9.17) is 0 Å². The molecule has 0 aromatic carbocycles. The van der Waals surface area contributed by atoms with E-state index in [1.807, 2.05) is 16.8 Å². The summed E-state index contributed by atoms with van der Waals surface area (Å²) in [5.74, 6) is 0. The Balaban J connectivity index is 1.84. The van der Waals surface area contributed by atoms with Gasteiger partial charge in [-0.3, -0.25) is 0 Å². The quantitative estimate of drug-likeness (QED) is 0.773. The Morgan fingerprint density at radius 1 is 1.22 bits per heavy atom. The Kier molecular flexibility index (Phi) is 3.00. The highest BCUT2D eigenvalue weighted by atomic mass is 16.3. The van der Waals surface area contributed by atoms with Crippen molar-refractivity contribution in [3.63, 3.8) is 0 Å². The van der Waals surface area contributed by atoms with Crippen LogP contribution in [0.25, 0.3) is 0 Å². The Hall–Kier alpha value is -0.770. The van der Waals surface area contributed by atoms with E-state index in [1.54, 1.807) is 0 Å². The predicted molar refractivity (Wildman–Crippen MR) is 69.3 cm³/mol. The molecule has 2 saturated carbocycles. The molecule has 1 N–H and O–H groups in total. The lowest BCUT2D eigenvalue weighted by Crippen LogP contribution is -2.52. The second-order valence-electron chi connectivity index (χ2n) is 6.41. The highest BCUT2D eigenvalue weighted by Gasteiger charge is 2.49. The van der Waals surface area contributed by atoms with Gasteiger partial charge in [0.15, 0.2) is 0 Å². The molecule has 3 fully saturated rings. The minimum absolute atomic E-state index is 0.167. The first kappa shape index (κ1) is 12.3. The first-order valence-electron chi connectivity index (χ1n) is 7.32. The normalized spacial score (nSPS) is 35.8. The maximum Gasteiger partial charge on any atom is 0.320 e. The molecule has 1 heterocycles. The van der Waals surface area contributed by atoms with Gasteiger partial charge in [0, 0.05) is 26.2 Å². The van der Waals surface area contributed by atoms with Gasteiger partial charge in [-0.1, -0.05) is 12.8 Å². The maximum absolute atomic E-state index is 12.2. The Bertz CT molecular complexity index is 339. The molecule has 1 spiro atoms. The molecule has 18 heavy (non-hydrogen) atoms. The van der Waals surface area contributed by atoms with Crippen LogP contribution < -0.4 is 0 Å². The molecule has 2 aliphatic carbocycles. The molecule has 0 bridgehead atoms. The highest BCUT2D eigenvalue weighted by molar-refractivity contribution is 5.76. The number of carbonyl (C=O) groups is 1. The zero-order valence-corrected chi connectivity index (χ0v) is 11.3. The highest BCUT2D eigenvalue weighted by Crippen LogP contribution is 2.51. The molecule has 1 aliphatic heterocycles. The molecule has 0 aromatic rings. The first-order chi connectivity index (χ1) is 8.62. The summed E-state index contributed by atoms with van der Waals surface area (Å²) >= 11 is 0. The van der Waals surface area contributed by atoms with E-state index in [1.165, 1.54) is 25.7 Å². The third-order valence-corrected chi connectivity index (χ3v) is 5.40. The van der Waals surface area contributed by atoms with Gasteiger partial charge < -0.3 is 14.9 Å². The average molecular weight is 252 g/mol. The van der Waals surface area contributed by atoms with Crippen LogP contribution in [-0.2, 0) is 0 Å². The lowest BCUT2D eigenvalue weighted by molar-refractivity contribution is -0.00506. The molecule has 1 saturated heterocycles. The number of rotatable bonds is 1. The van der Waals surface area contributed by atoms with E-state index in [2.05, 4.69) is 0 Å². The van der Waals surface area contributed by atoms with Crippen LogP contribution in [0.3, 0.4) is 0 Å². The topological polar surface area (TPSA) is 43.8 Å². The summed E-state index contributed by atoms with van der Waals surface area (Å²) in [6.07, 6.45) is 7.70. The molecule has 2 amide bonds. The van der Waals surface area contributed by atoms with Crippen molar-refractivity contribution in [2.45, 2.75) is 57.1 Å². The van der Waals surface area contributed by atoms with Crippen molar-refractivity contribution in [1.82, 2.24) is 9.80 Å². The SMILES string of the molecule is CN1CCN(C2CC(O)CCC23CCCC3)C1=O. The molecular formula is C14H24N2O2. The van der Waals surface area contributed by atoms with Crippen LogP contribution >= 0.6 is 0 Å². The fourth-order valence-corrected chi connectivity index (χ4v) is 4.32. The number of aliphatic hydroxyl groups excluding tert-OH is 1. The molecular weight excluding hydrogens is 228 g/mol. The van der Waals surface area contributed by atoms with Crippen molar-refractivity contribution in [3.05, 3.63) is 0 Å². The van der Waals surface area contributed by atoms with E-state index in [0.717, 1.165) is 32.4 Å². The summed E-state index contributed by atoms with van der Waals surface area (Å²) in [4.78, 5) is 16.1. The number of hydrogen-bond acceptors (Lipinski definition) is 2. The van der Waals surface area contributed by atoms with E-state index >= 15 is 0 Å². The van der Waals surface area contributed by atoms with Crippen LogP contribution in [0.4, 0.5) is 4.79 Å². The lowest BCUT2D eigenvalue weighted by Gasteiger charge is -2.47. The fraction of sp³-hybridized carbons (Fsp3) is 0.929. The zero-order valence-electron chi connectivity index (χ0n) is 11.3. The monoisotopic (exact) mass is 252 g/mol. The standard InChI is InChI=1S/C14H24N2O2/c1-15-8-9-16(13(15)18)12-10-11(17)4-7-14(12)5-2-3-6-14/h11-12,17H,2-10H2,1H3. The second kappa shape index (κ2) is 4.41. The van der Waals surface area contributed by atoms with Crippen LogP contribution in [-0.4, -0.2) is 53.2 Å². The van der Waals surface area contributed by atoms with Crippen LogP contribution in [0.5, 0.6) is 0 Å². The third-order valence-electron chi connectivity index (χ3n) is 5.40. The minimum Gasteiger partial charge on any atom is -0.393 e. The number of nitrogens with zero attached hydrogens (tertiary/aromatic N) is 2. The molecule has 102 valence electrons. The number of carbonyl (C=O) groups excluding carboxylic acids is 1. The number of urea groups is 1. The van der Waals surface area contributed by atoms with Crippen LogP contribution in [0.2, 0.25) is 0 Å². The van der Waals surface area contributed by atoms with Crippen molar-refractivity contribution in [1.29, 1.82) is 0 Å². The molecule has 2 unspecified atom stereocenters. The largest absolute Gasteiger partial charge is 0.393 e. The van der Waals surface area contributed by atoms with Crippen LogP contribution in [0.15, 0.2) is 0 Å². The summed E-state index contributed by atoms with van der Waals surface area (Å²) in [7, 11) is 1.88. The van der Waals surface area contributed by atoms with E-state index in [-0.39, 0.29) is 18.2 Å². The number of aliphatic hydroxyl groups is 1.